The van der Waals surface area contributed by atoms with Gasteiger partial charge in [-0.15, -0.1) is 0 Å². The van der Waals surface area contributed by atoms with E-state index in [9.17, 15) is 13.6 Å². The number of halogens is 3. The maximum absolute atomic E-state index is 11.9. The lowest BCUT2D eigenvalue weighted by Crippen LogP contribution is -2.19. The Morgan fingerprint density at radius 1 is 1.19 bits per heavy atom. The van der Waals surface area contributed by atoms with Crippen molar-refractivity contribution in [3.63, 3.8) is 0 Å². The van der Waals surface area contributed by atoms with Gasteiger partial charge in [-0.05, 0) is 41.9 Å². The lowest BCUT2D eigenvalue weighted by Gasteiger charge is -2.04. The SMILES string of the molecule is Fc1ccc(F)cc1.O=C1NC(c2ccnc(Cl)n2)CO1. The fraction of sp³-hybridized carbons (Fsp3) is 0.154. The van der Waals surface area contributed by atoms with Crippen molar-refractivity contribution in [2.75, 3.05) is 6.61 Å². The molecule has 2 aromatic rings. The molecule has 1 saturated heterocycles. The second-order valence-electron chi connectivity index (χ2n) is 3.98. The fourth-order valence-corrected chi connectivity index (χ4v) is 1.67. The van der Waals surface area contributed by atoms with Gasteiger partial charge in [-0.2, -0.15) is 0 Å². The van der Waals surface area contributed by atoms with E-state index >= 15 is 0 Å². The van der Waals surface area contributed by atoms with Gasteiger partial charge in [0.25, 0.3) is 0 Å². The van der Waals surface area contributed by atoms with Gasteiger partial charge in [-0.25, -0.2) is 23.5 Å². The molecule has 0 radical (unpaired) electrons. The summed E-state index contributed by atoms with van der Waals surface area (Å²) in [7, 11) is 0. The highest BCUT2D eigenvalue weighted by Gasteiger charge is 2.24. The van der Waals surface area contributed by atoms with Crippen LogP contribution in [0.15, 0.2) is 36.5 Å². The first-order chi connectivity index (χ1) is 10.0. The minimum absolute atomic E-state index is 0.165. The predicted molar refractivity (Wildman–Crippen MR) is 70.6 cm³/mol. The summed E-state index contributed by atoms with van der Waals surface area (Å²) in [6.45, 7) is 0.284. The highest BCUT2D eigenvalue weighted by Crippen LogP contribution is 2.16. The molecule has 1 aliphatic rings. The van der Waals surface area contributed by atoms with Crippen LogP contribution in [-0.4, -0.2) is 22.7 Å². The minimum atomic E-state index is -0.431. The summed E-state index contributed by atoms with van der Waals surface area (Å²) in [4.78, 5) is 18.4. The molecule has 3 rings (SSSR count). The van der Waals surface area contributed by atoms with Crippen molar-refractivity contribution in [3.8, 4) is 0 Å². The summed E-state index contributed by atoms with van der Waals surface area (Å²) in [6.07, 6.45) is 1.11. The van der Waals surface area contributed by atoms with Crippen LogP contribution in [0.5, 0.6) is 0 Å². The molecule has 1 aromatic carbocycles. The molecular formula is C13H10ClF2N3O2. The quantitative estimate of drug-likeness (QED) is 0.822. The third-order valence-corrected chi connectivity index (χ3v) is 2.66. The van der Waals surface area contributed by atoms with Crippen LogP contribution >= 0.6 is 11.6 Å². The van der Waals surface area contributed by atoms with Crippen LogP contribution in [-0.2, 0) is 4.74 Å². The van der Waals surface area contributed by atoms with Gasteiger partial charge in [0.05, 0.1) is 5.69 Å². The van der Waals surface area contributed by atoms with Crippen LogP contribution < -0.4 is 5.32 Å². The Labute approximate surface area is 123 Å². The first kappa shape index (κ1) is 15.1. The second-order valence-corrected chi connectivity index (χ2v) is 4.32. The van der Waals surface area contributed by atoms with E-state index in [1.165, 1.54) is 6.20 Å². The summed E-state index contributed by atoms with van der Waals surface area (Å²) in [5, 5.41) is 2.75. The van der Waals surface area contributed by atoms with Gasteiger partial charge in [-0.3, -0.25) is 0 Å². The number of ether oxygens (including phenoxy) is 1. The predicted octanol–water partition coefficient (Wildman–Crippen LogP) is 2.88. The fourth-order valence-electron chi connectivity index (χ4n) is 1.52. The molecule has 21 heavy (non-hydrogen) atoms. The zero-order valence-corrected chi connectivity index (χ0v) is 11.3. The zero-order chi connectivity index (χ0) is 15.2. The Morgan fingerprint density at radius 3 is 2.29 bits per heavy atom. The van der Waals surface area contributed by atoms with Crippen LogP contribution in [0, 0.1) is 11.6 Å². The number of hydrogen-bond donors (Lipinski definition) is 1. The van der Waals surface area contributed by atoms with Gasteiger partial charge in [0.2, 0.25) is 5.28 Å². The van der Waals surface area contributed by atoms with Gasteiger partial charge in [0.1, 0.15) is 24.3 Å². The van der Waals surface area contributed by atoms with Crippen molar-refractivity contribution < 1.29 is 18.3 Å². The number of carbonyl (C=O) groups is 1. The van der Waals surface area contributed by atoms with Gasteiger partial charge >= 0.3 is 6.09 Å². The summed E-state index contributed by atoms with van der Waals surface area (Å²) >= 11 is 5.58. The third kappa shape index (κ3) is 4.64. The monoisotopic (exact) mass is 313 g/mol. The number of nitrogens with zero attached hydrogens (tertiary/aromatic N) is 2. The number of alkyl carbamates (subject to hydrolysis) is 1. The highest BCUT2D eigenvalue weighted by molar-refractivity contribution is 6.28. The molecule has 0 aliphatic carbocycles. The van der Waals surface area contributed by atoms with E-state index in [-0.39, 0.29) is 17.9 Å². The topological polar surface area (TPSA) is 64.1 Å². The van der Waals surface area contributed by atoms with Crippen LogP contribution in [0.3, 0.4) is 0 Å². The van der Waals surface area contributed by atoms with Crippen molar-refractivity contribution in [2.24, 2.45) is 0 Å². The van der Waals surface area contributed by atoms with Crippen LogP contribution in [0.25, 0.3) is 0 Å². The molecule has 1 unspecified atom stereocenters. The molecule has 1 amide bonds. The lowest BCUT2D eigenvalue weighted by atomic mass is 10.2. The van der Waals surface area contributed by atoms with Crippen molar-refractivity contribution in [1.29, 1.82) is 0 Å². The second kappa shape index (κ2) is 6.94. The highest BCUT2D eigenvalue weighted by atomic mass is 35.5. The molecule has 1 N–H and O–H groups in total. The van der Waals surface area contributed by atoms with Crippen molar-refractivity contribution in [3.05, 3.63) is 59.1 Å². The maximum atomic E-state index is 11.9. The van der Waals surface area contributed by atoms with E-state index in [2.05, 4.69) is 15.3 Å². The van der Waals surface area contributed by atoms with Gasteiger partial charge in [-0.1, -0.05) is 0 Å². The molecule has 110 valence electrons. The zero-order valence-electron chi connectivity index (χ0n) is 10.6. The summed E-state index contributed by atoms with van der Waals surface area (Å²) in [5.41, 5.74) is 0.658. The minimum Gasteiger partial charge on any atom is -0.447 e. The van der Waals surface area contributed by atoms with E-state index in [1.807, 2.05) is 0 Å². The van der Waals surface area contributed by atoms with Gasteiger partial charge < -0.3 is 10.1 Å². The Morgan fingerprint density at radius 2 is 1.81 bits per heavy atom. The van der Waals surface area contributed by atoms with Crippen LogP contribution in [0.4, 0.5) is 13.6 Å². The third-order valence-electron chi connectivity index (χ3n) is 2.48. The molecule has 1 fully saturated rings. The molecule has 1 aromatic heterocycles. The molecule has 0 spiro atoms. The number of cyclic esters (lactones) is 1. The standard InChI is InChI=1S/C7H6ClN3O2.C6H4F2/c8-6-9-2-1-4(10-6)5-3-13-7(12)11-5;7-5-1-2-6(8)4-3-5/h1-2,5H,3H2,(H,11,12);1-4H. The first-order valence-electron chi connectivity index (χ1n) is 5.87. The summed E-state index contributed by atoms with van der Waals surface area (Å²) < 4.78 is 28.5. The normalized spacial score (nSPS) is 16.5. The summed E-state index contributed by atoms with van der Waals surface area (Å²) in [5.74, 6) is -0.821. The van der Waals surface area contributed by atoms with Crippen molar-refractivity contribution >= 4 is 17.7 Å². The number of hydrogen-bond acceptors (Lipinski definition) is 4. The Balaban J connectivity index is 0.000000173. The molecule has 0 bridgehead atoms. The molecule has 2 heterocycles. The van der Waals surface area contributed by atoms with Crippen molar-refractivity contribution in [1.82, 2.24) is 15.3 Å². The van der Waals surface area contributed by atoms with Gasteiger partial charge in [0, 0.05) is 6.20 Å². The number of rotatable bonds is 1. The molecule has 1 atom stereocenters. The van der Waals surface area contributed by atoms with E-state index < -0.39 is 17.7 Å². The van der Waals surface area contributed by atoms with E-state index in [0.717, 1.165) is 24.3 Å². The lowest BCUT2D eigenvalue weighted by molar-refractivity contribution is 0.177. The molecule has 5 nitrogen and oxygen atoms in total. The average Bonchev–Trinajstić information content (AvgIpc) is 2.90. The molecule has 1 aliphatic heterocycles. The molecule has 8 heteroatoms. The van der Waals surface area contributed by atoms with E-state index in [0.29, 0.717) is 5.69 Å². The summed E-state index contributed by atoms with van der Waals surface area (Å²) in [6, 6.07) is 5.79. The number of carbonyl (C=O) groups excluding carboxylic acids is 1. The van der Waals surface area contributed by atoms with Crippen LogP contribution in [0.2, 0.25) is 5.28 Å². The number of aromatic nitrogens is 2. The average molecular weight is 314 g/mol. The number of benzene rings is 1. The Bertz CT molecular complexity index is 604. The smallest absolute Gasteiger partial charge is 0.407 e. The van der Waals surface area contributed by atoms with Crippen LogP contribution in [0.1, 0.15) is 11.7 Å². The van der Waals surface area contributed by atoms with Gasteiger partial charge in [0.15, 0.2) is 0 Å². The number of nitrogens with one attached hydrogen (secondary N) is 1. The number of amides is 1. The largest absolute Gasteiger partial charge is 0.447 e. The van der Waals surface area contributed by atoms with Crippen molar-refractivity contribution in [2.45, 2.75) is 6.04 Å². The van der Waals surface area contributed by atoms with E-state index in [1.54, 1.807) is 6.07 Å². The molecule has 0 saturated carbocycles. The molecular weight excluding hydrogens is 304 g/mol. The Kier molecular flexibility index (Phi) is 4.99. The first-order valence-corrected chi connectivity index (χ1v) is 6.25. The van der Waals surface area contributed by atoms with E-state index in [4.69, 9.17) is 16.3 Å². The Hall–Kier alpha value is -2.28. The maximum Gasteiger partial charge on any atom is 0.407 e.